The number of halogens is 3. The zero-order chi connectivity index (χ0) is 24.8. The molecule has 0 radical (unpaired) electrons. The SMILES string of the molecule is Cc1cc(C)c(C)c(S(=O)(=O)N2CCC(c3nc(-c4ccc(C(F)(F)F)cc4)no3)CC2)c1C. The van der Waals surface area contributed by atoms with Gasteiger partial charge in [0.1, 0.15) is 0 Å². The Bertz CT molecular complexity index is 1280. The minimum atomic E-state index is -4.41. The molecule has 0 spiro atoms. The smallest absolute Gasteiger partial charge is 0.339 e. The maximum absolute atomic E-state index is 13.5. The van der Waals surface area contributed by atoms with E-state index in [1.807, 2.05) is 33.8 Å². The Morgan fingerprint density at radius 1 is 0.971 bits per heavy atom. The number of benzene rings is 2. The zero-order valence-corrected chi connectivity index (χ0v) is 20.2. The van der Waals surface area contributed by atoms with Gasteiger partial charge in [-0.1, -0.05) is 23.4 Å². The van der Waals surface area contributed by atoms with Crippen molar-refractivity contribution in [1.29, 1.82) is 0 Å². The van der Waals surface area contributed by atoms with E-state index >= 15 is 0 Å². The van der Waals surface area contributed by atoms with E-state index < -0.39 is 21.8 Å². The number of rotatable bonds is 4. The van der Waals surface area contributed by atoms with Crippen LogP contribution in [-0.2, 0) is 16.2 Å². The second kappa shape index (κ2) is 8.81. The van der Waals surface area contributed by atoms with Gasteiger partial charge in [0.15, 0.2) is 0 Å². The van der Waals surface area contributed by atoms with Crippen LogP contribution >= 0.6 is 0 Å². The molecule has 1 fully saturated rings. The summed E-state index contributed by atoms with van der Waals surface area (Å²) < 4.78 is 72.1. The summed E-state index contributed by atoms with van der Waals surface area (Å²) in [5.74, 6) is 0.453. The predicted octanol–water partition coefficient (Wildman–Crippen LogP) is 5.56. The van der Waals surface area contributed by atoms with E-state index in [1.54, 1.807) is 0 Å². The van der Waals surface area contributed by atoms with Crippen molar-refractivity contribution in [1.82, 2.24) is 14.4 Å². The predicted molar refractivity (Wildman–Crippen MR) is 121 cm³/mol. The number of alkyl halides is 3. The second-order valence-corrected chi connectivity index (χ2v) is 10.7. The van der Waals surface area contributed by atoms with Crippen LogP contribution in [0.1, 0.15) is 52.5 Å². The average molecular weight is 494 g/mol. The Kier molecular flexibility index (Phi) is 6.32. The molecule has 0 saturated carbocycles. The summed E-state index contributed by atoms with van der Waals surface area (Å²) in [5, 5.41) is 3.91. The standard InChI is InChI=1S/C24H26F3N3O3S/c1-14-13-15(2)17(4)21(16(14)3)34(31,32)30-11-9-19(10-12-30)23-28-22(29-33-23)18-5-7-20(8-6-18)24(25,26)27/h5-8,13,19H,9-12H2,1-4H3. The molecule has 1 aromatic heterocycles. The molecule has 10 heteroatoms. The van der Waals surface area contributed by atoms with E-state index in [0.717, 1.165) is 34.4 Å². The highest BCUT2D eigenvalue weighted by Crippen LogP contribution is 2.35. The lowest BCUT2D eigenvalue weighted by atomic mass is 9.98. The van der Waals surface area contributed by atoms with E-state index in [-0.39, 0.29) is 11.7 Å². The Hall–Kier alpha value is -2.72. The topological polar surface area (TPSA) is 76.3 Å². The van der Waals surface area contributed by atoms with Crippen molar-refractivity contribution in [3.8, 4) is 11.4 Å². The average Bonchev–Trinajstić information content (AvgIpc) is 3.28. The summed E-state index contributed by atoms with van der Waals surface area (Å²) in [5.41, 5.74) is 3.09. The Morgan fingerprint density at radius 3 is 2.06 bits per heavy atom. The first-order chi connectivity index (χ1) is 15.9. The van der Waals surface area contributed by atoms with Crippen LogP contribution in [0.2, 0.25) is 0 Å². The fraction of sp³-hybridized carbons (Fsp3) is 0.417. The molecule has 0 unspecified atom stereocenters. The molecule has 3 aromatic rings. The van der Waals surface area contributed by atoms with Crippen LogP contribution in [-0.4, -0.2) is 36.0 Å². The van der Waals surface area contributed by atoms with E-state index in [9.17, 15) is 21.6 Å². The summed E-state index contributed by atoms with van der Waals surface area (Å²) in [7, 11) is -3.65. The number of aromatic nitrogens is 2. The van der Waals surface area contributed by atoms with Gasteiger partial charge in [0, 0.05) is 24.6 Å². The maximum Gasteiger partial charge on any atom is 0.416 e. The number of aryl methyl sites for hydroxylation is 2. The third-order valence-corrected chi connectivity index (χ3v) is 8.78. The molecule has 4 rings (SSSR count). The number of hydrogen-bond donors (Lipinski definition) is 0. The van der Waals surface area contributed by atoms with Crippen LogP contribution in [0.25, 0.3) is 11.4 Å². The van der Waals surface area contributed by atoms with E-state index in [4.69, 9.17) is 4.52 Å². The Balaban J connectivity index is 1.49. The highest BCUT2D eigenvalue weighted by atomic mass is 32.2. The van der Waals surface area contributed by atoms with Crippen molar-refractivity contribution in [2.24, 2.45) is 0 Å². The monoisotopic (exact) mass is 493 g/mol. The molecule has 2 heterocycles. The summed E-state index contributed by atoms with van der Waals surface area (Å²) in [4.78, 5) is 4.75. The molecule has 0 N–H and O–H groups in total. The molecule has 0 atom stereocenters. The van der Waals surface area contributed by atoms with Gasteiger partial charge in [-0.25, -0.2) is 8.42 Å². The first kappa shape index (κ1) is 24.4. The molecule has 0 aliphatic carbocycles. The van der Waals surface area contributed by atoms with Gasteiger partial charge < -0.3 is 4.52 Å². The fourth-order valence-electron chi connectivity index (χ4n) is 4.37. The number of sulfonamides is 1. The molecule has 0 bridgehead atoms. The molecule has 1 aliphatic heterocycles. The van der Waals surface area contributed by atoms with Crippen LogP contribution in [0.4, 0.5) is 13.2 Å². The molecule has 182 valence electrons. The van der Waals surface area contributed by atoms with Crippen LogP contribution in [0.15, 0.2) is 39.8 Å². The first-order valence-electron chi connectivity index (χ1n) is 11.0. The van der Waals surface area contributed by atoms with Gasteiger partial charge in [0.2, 0.25) is 21.7 Å². The van der Waals surface area contributed by atoms with Crippen molar-refractivity contribution >= 4 is 10.0 Å². The normalized spacial score (nSPS) is 16.2. The van der Waals surface area contributed by atoms with Crippen LogP contribution in [0.3, 0.4) is 0 Å². The third kappa shape index (κ3) is 4.48. The Labute approximate surface area is 196 Å². The molecule has 2 aromatic carbocycles. The summed E-state index contributed by atoms with van der Waals surface area (Å²) in [6, 6.07) is 6.57. The molecule has 1 saturated heterocycles. The molecular weight excluding hydrogens is 467 g/mol. The molecule has 6 nitrogen and oxygen atoms in total. The van der Waals surface area contributed by atoms with Gasteiger partial charge >= 0.3 is 6.18 Å². The number of hydrogen-bond acceptors (Lipinski definition) is 5. The molecule has 34 heavy (non-hydrogen) atoms. The van der Waals surface area contributed by atoms with Gasteiger partial charge in [-0.15, -0.1) is 0 Å². The highest BCUT2D eigenvalue weighted by molar-refractivity contribution is 7.89. The van der Waals surface area contributed by atoms with E-state index in [2.05, 4.69) is 10.1 Å². The minimum absolute atomic E-state index is 0.122. The summed E-state index contributed by atoms with van der Waals surface area (Å²) >= 11 is 0. The minimum Gasteiger partial charge on any atom is -0.339 e. The largest absolute Gasteiger partial charge is 0.416 e. The van der Waals surface area contributed by atoms with E-state index in [0.29, 0.717) is 42.3 Å². The fourth-order valence-corrected chi connectivity index (χ4v) is 6.41. The Morgan fingerprint density at radius 2 is 1.53 bits per heavy atom. The summed E-state index contributed by atoms with van der Waals surface area (Å²) in [6.07, 6.45) is -3.39. The quantitative estimate of drug-likeness (QED) is 0.476. The second-order valence-electron chi connectivity index (χ2n) is 8.80. The maximum atomic E-state index is 13.5. The lowest BCUT2D eigenvalue weighted by Crippen LogP contribution is -2.38. The van der Waals surface area contributed by atoms with Crippen molar-refractivity contribution in [3.63, 3.8) is 0 Å². The van der Waals surface area contributed by atoms with Gasteiger partial charge in [-0.05, 0) is 74.9 Å². The lowest BCUT2D eigenvalue weighted by molar-refractivity contribution is -0.137. The van der Waals surface area contributed by atoms with Gasteiger partial charge in [-0.2, -0.15) is 22.5 Å². The van der Waals surface area contributed by atoms with Crippen LogP contribution in [0.5, 0.6) is 0 Å². The third-order valence-electron chi connectivity index (χ3n) is 6.61. The van der Waals surface area contributed by atoms with Gasteiger partial charge in [-0.3, -0.25) is 0 Å². The lowest BCUT2D eigenvalue weighted by Gasteiger charge is -2.31. The van der Waals surface area contributed by atoms with Gasteiger partial charge in [0.05, 0.1) is 10.5 Å². The van der Waals surface area contributed by atoms with Crippen molar-refractivity contribution in [3.05, 3.63) is 64.0 Å². The summed E-state index contributed by atoms with van der Waals surface area (Å²) in [6.45, 7) is 8.13. The first-order valence-corrected chi connectivity index (χ1v) is 12.4. The number of piperidine rings is 1. The van der Waals surface area contributed by atoms with Crippen LogP contribution in [0, 0.1) is 27.7 Å². The molecular formula is C24H26F3N3O3S. The van der Waals surface area contributed by atoms with E-state index in [1.165, 1.54) is 16.4 Å². The van der Waals surface area contributed by atoms with Crippen LogP contribution < -0.4 is 0 Å². The molecule has 1 aliphatic rings. The molecule has 0 amide bonds. The van der Waals surface area contributed by atoms with Crippen molar-refractivity contribution < 1.29 is 26.1 Å². The number of nitrogens with zero attached hydrogens (tertiary/aromatic N) is 3. The van der Waals surface area contributed by atoms with Crippen molar-refractivity contribution in [2.45, 2.75) is 57.5 Å². The zero-order valence-electron chi connectivity index (χ0n) is 19.4. The highest BCUT2D eigenvalue weighted by Gasteiger charge is 2.34. The van der Waals surface area contributed by atoms with Crippen molar-refractivity contribution in [2.75, 3.05) is 13.1 Å². The van der Waals surface area contributed by atoms with Gasteiger partial charge in [0.25, 0.3) is 0 Å².